The van der Waals surface area contributed by atoms with Gasteiger partial charge in [0, 0.05) is 28.0 Å². The summed E-state index contributed by atoms with van der Waals surface area (Å²) in [6.07, 6.45) is -7.37. The average Bonchev–Trinajstić information content (AvgIpc) is 3.90. The van der Waals surface area contributed by atoms with Gasteiger partial charge in [0.05, 0.1) is 44.3 Å². The number of carbonyl (C=O) groups excluding carboxylic acids is 1. The molecule has 5 heterocycles. The Morgan fingerprint density at radius 1 is 0.942 bits per heavy atom. The number of esters is 1. The molecule has 280 valence electrons. The highest BCUT2D eigenvalue weighted by Gasteiger charge is 2.56. The molecule has 3 fully saturated rings. The molecule has 1 aliphatic carbocycles. The van der Waals surface area contributed by atoms with Gasteiger partial charge in [-0.05, 0) is 60.9 Å². The zero-order valence-corrected chi connectivity index (χ0v) is 29.4. The van der Waals surface area contributed by atoms with Crippen LogP contribution in [-0.4, -0.2) is 92.9 Å². The fourth-order valence-corrected chi connectivity index (χ4v) is 8.48. The van der Waals surface area contributed by atoms with Gasteiger partial charge >= 0.3 is 11.0 Å². The number of cyclic esters (lactones) is 1. The van der Waals surface area contributed by atoms with Crippen LogP contribution in [0.1, 0.15) is 53.5 Å². The van der Waals surface area contributed by atoms with Crippen LogP contribution < -0.4 is 28.9 Å². The van der Waals surface area contributed by atoms with Crippen LogP contribution in [0.3, 0.4) is 0 Å². The van der Waals surface area contributed by atoms with Gasteiger partial charge in [-0.3, -0.25) is 4.79 Å². The number of ether oxygens (including phenoxy) is 10. The molecule has 0 amide bonds. The third kappa shape index (κ3) is 6.14. The molecule has 4 N–H and O–H groups in total. The summed E-state index contributed by atoms with van der Waals surface area (Å²) in [7, 11) is 3.03. The molecule has 17 heteroatoms. The van der Waals surface area contributed by atoms with E-state index >= 15 is 0 Å². The second-order valence-corrected chi connectivity index (χ2v) is 14.1. The second-order valence-electron chi connectivity index (χ2n) is 13.0. The number of thiophene rings is 1. The monoisotopic (exact) mass is 745 g/mol. The number of methoxy groups -OCH3 is 2. The lowest BCUT2D eigenvalue weighted by Gasteiger charge is -2.47. The molecular formula is C35H39NO15S. The maximum Gasteiger partial charge on any atom is 0.310 e. The highest BCUT2D eigenvalue weighted by atomic mass is 32.1. The van der Waals surface area contributed by atoms with Crippen LogP contribution in [0.5, 0.6) is 28.7 Å². The predicted octanol–water partition coefficient (Wildman–Crippen LogP) is 2.14. The Labute approximate surface area is 301 Å². The van der Waals surface area contributed by atoms with Gasteiger partial charge in [-0.2, -0.15) is 0 Å². The van der Waals surface area contributed by atoms with Crippen LogP contribution in [0, 0.1) is 16.7 Å². The fraction of sp³-hybridized carbons (Fsp3) is 0.514. The molecule has 11 atom stereocenters. The van der Waals surface area contributed by atoms with E-state index in [1.54, 1.807) is 25.1 Å². The first kappa shape index (κ1) is 36.3. The minimum atomic E-state index is -1.45. The van der Waals surface area contributed by atoms with Crippen molar-refractivity contribution in [1.82, 2.24) is 0 Å². The number of aliphatic hydroxyl groups is 2. The molecule has 8 rings (SSSR count). The summed E-state index contributed by atoms with van der Waals surface area (Å²) in [5.41, 5.74) is 2.06. The van der Waals surface area contributed by atoms with Gasteiger partial charge in [-0.1, -0.05) is 11.3 Å². The molecule has 4 aliphatic heterocycles. The highest BCUT2D eigenvalue weighted by Crippen LogP contribution is 2.57. The average molecular weight is 746 g/mol. The lowest BCUT2D eigenvalue weighted by molar-refractivity contribution is -0.374. The molecule has 0 bridgehead atoms. The molecule has 0 spiro atoms. The topological polar surface area (TPSA) is 211 Å². The number of hydrogen-bond donors (Lipinski definition) is 3. The zero-order valence-electron chi connectivity index (χ0n) is 28.6. The van der Waals surface area contributed by atoms with Gasteiger partial charge in [0.2, 0.25) is 12.5 Å². The Hall–Kier alpha value is -4.07. The van der Waals surface area contributed by atoms with E-state index in [1.807, 2.05) is 30.3 Å². The van der Waals surface area contributed by atoms with Gasteiger partial charge in [-0.25, -0.2) is 0 Å². The lowest BCUT2D eigenvalue weighted by Crippen LogP contribution is -2.63. The largest absolute Gasteiger partial charge is 0.870 e. The van der Waals surface area contributed by atoms with Crippen LogP contribution in [0.25, 0.3) is 0 Å². The van der Waals surface area contributed by atoms with Crippen molar-refractivity contribution in [3.05, 3.63) is 62.9 Å². The van der Waals surface area contributed by atoms with Crippen molar-refractivity contribution in [2.75, 3.05) is 34.2 Å². The molecule has 3 aromatic rings. The van der Waals surface area contributed by atoms with Gasteiger partial charge in [-0.15, -0.1) is 0 Å². The third-order valence-corrected chi connectivity index (χ3v) is 11.3. The van der Waals surface area contributed by atoms with Crippen LogP contribution in [-0.2, 0) is 28.5 Å². The van der Waals surface area contributed by atoms with E-state index in [4.69, 9.17) is 47.4 Å². The Morgan fingerprint density at radius 3 is 2.33 bits per heavy atom. The Balaban J connectivity index is 0.00000420. The Kier molecular flexibility index (Phi) is 10.0. The minimum absolute atomic E-state index is 0. The zero-order chi connectivity index (χ0) is 35.6. The molecule has 2 aromatic carbocycles. The highest BCUT2D eigenvalue weighted by molar-refractivity contribution is 7.15. The van der Waals surface area contributed by atoms with Gasteiger partial charge in [0.15, 0.2) is 35.6 Å². The lowest BCUT2D eigenvalue weighted by atomic mass is 9.66. The van der Waals surface area contributed by atoms with E-state index in [-0.39, 0.29) is 25.5 Å². The van der Waals surface area contributed by atoms with E-state index < -0.39 is 72.9 Å². The van der Waals surface area contributed by atoms with Crippen molar-refractivity contribution in [2.24, 2.45) is 11.8 Å². The Morgan fingerprint density at radius 2 is 1.65 bits per heavy atom. The molecule has 1 aromatic heterocycles. The number of rotatable bonds is 9. The molecule has 0 radical (unpaired) electrons. The predicted molar refractivity (Wildman–Crippen MR) is 176 cm³/mol. The second kappa shape index (κ2) is 14.4. The van der Waals surface area contributed by atoms with Crippen molar-refractivity contribution >= 4 is 22.3 Å². The van der Waals surface area contributed by atoms with E-state index in [9.17, 15) is 19.9 Å². The number of benzene rings is 2. The van der Waals surface area contributed by atoms with E-state index in [1.165, 1.54) is 25.6 Å². The molecule has 16 nitrogen and oxygen atoms in total. The fourth-order valence-electron chi connectivity index (χ4n) is 7.70. The first-order valence-corrected chi connectivity index (χ1v) is 17.4. The number of carbonyl (C=O) groups is 1. The summed E-state index contributed by atoms with van der Waals surface area (Å²) < 4.78 is 59.3. The number of nitrogens with one attached hydrogen (secondary N) is 1. The summed E-state index contributed by atoms with van der Waals surface area (Å²) in [6.45, 7) is 3.75. The molecule has 5 aliphatic rings. The van der Waals surface area contributed by atoms with E-state index in [0.29, 0.717) is 50.4 Å². The summed E-state index contributed by atoms with van der Waals surface area (Å²) in [5.74, 6) is -0.212. The summed E-state index contributed by atoms with van der Waals surface area (Å²) in [6, 6.07) is 10.8. The van der Waals surface area contributed by atoms with Crippen molar-refractivity contribution in [1.29, 1.82) is 0 Å². The summed E-state index contributed by atoms with van der Waals surface area (Å²) in [5, 5.41) is 24.6. The number of hydrogen-bond acceptors (Lipinski definition) is 16. The van der Waals surface area contributed by atoms with Crippen LogP contribution in [0.4, 0.5) is 5.00 Å². The van der Waals surface area contributed by atoms with Crippen molar-refractivity contribution in [3.63, 3.8) is 0 Å². The summed E-state index contributed by atoms with van der Waals surface area (Å²) >= 11 is 1.28. The number of fused-ring (bicyclic) bond motifs is 4. The molecular weight excluding hydrogens is 706 g/mol. The number of aliphatic hydroxyl groups excluding tert-OH is 2. The van der Waals surface area contributed by atoms with Crippen molar-refractivity contribution < 1.29 is 73.0 Å². The summed E-state index contributed by atoms with van der Waals surface area (Å²) in [4.78, 5) is 25.7. The molecule has 0 saturated carbocycles. The van der Waals surface area contributed by atoms with Gasteiger partial charge in [0.1, 0.15) is 30.5 Å². The van der Waals surface area contributed by atoms with Gasteiger partial charge in [0.25, 0.3) is 0 Å². The van der Waals surface area contributed by atoms with Crippen LogP contribution in [0.2, 0.25) is 0 Å². The van der Waals surface area contributed by atoms with E-state index in [0.717, 1.165) is 4.88 Å². The smallest absolute Gasteiger partial charge is 0.310 e. The van der Waals surface area contributed by atoms with Crippen LogP contribution >= 0.6 is 11.3 Å². The third-order valence-electron chi connectivity index (χ3n) is 10.1. The number of nitroso groups, excluding NO2 is 1. The van der Waals surface area contributed by atoms with E-state index in [2.05, 4.69) is 0 Å². The maximum atomic E-state index is 13.7. The molecule has 52 heavy (non-hydrogen) atoms. The normalized spacial score (nSPS) is 32.0. The Bertz CT molecular complexity index is 1790. The standard InChI is InChI=1S/C35H37NO14S.H2O/c1-14(25-5-6-26(36-40)51-25)47-32-22(41-3)7-16(8-23(32)42-4)27-17-9-20-21(46-13-45-20)10-18(17)31(19-11-44-34(39)28(19)27)50-35-30(38)29(37)33-24(49-35)12-43-15(2)48-33;/h5-10,14-15,19,24,27-31,33,35,37-38H,11-13H2,1-4H3;1H2/t14?,15?,19-,24?,27+,28-,29?,30?,31+,33?,35?;/m0./s1. The quantitative estimate of drug-likeness (QED) is 0.268. The molecule has 7 unspecified atom stereocenters. The first-order chi connectivity index (χ1) is 24.7. The maximum absolute atomic E-state index is 13.7. The van der Waals surface area contributed by atoms with Gasteiger partial charge < -0.3 is 63.1 Å². The first-order valence-electron chi connectivity index (χ1n) is 16.6. The van der Waals surface area contributed by atoms with Crippen molar-refractivity contribution in [2.45, 2.75) is 69.0 Å². The SMILES string of the molecule is COc1cc([C@@H]2c3cc4c(cc3[C@@H](OC3OC5COC(C)OC5C(O)C3O)[C@H]3COC(=O)[C@H]23)OCO4)cc(OC)c1OC(C)c1ccc([NH+]=O)s1.[OH-]. The minimum Gasteiger partial charge on any atom is -0.870 e. The van der Waals surface area contributed by atoms with Crippen molar-refractivity contribution in [3.8, 4) is 28.7 Å². The molecule has 3 saturated heterocycles. The van der Waals surface area contributed by atoms with Crippen LogP contribution in [0.15, 0.2) is 36.4 Å².